The highest BCUT2D eigenvalue weighted by Gasteiger charge is 2.03. The summed E-state index contributed by atoms with van der Waals surface area (Å²) in [6.45, 7) is 8.95. The molecular formula is C17H28N. The molecule has 0 unspecified atom stereocenters. The van der Waals surface area contributed by atoms with Gasteiger partial charge in [-0.15, -0.1) is 0 Å². The molecule has 0 aliphatic heterocycles. The van der Waals surface area contributed by atoms with Crippen molar-refractivity contribution >= 4 is 0 Å². The molecule has 1 radical (unpaired) electrons. The van der Waals surface area contributed by atoms with Gasteiger partial charge in [0.1, 0.15) is 0 Å². The first-order valence-electron chi connectivity index (χ1n) is 7.42. The summed E-state index contributed by atoms with van der Waals surface area (Å²) in [7, 11) is 0. The van der Waals surface area contributed by atoms with Crippen LogP contribution in [0.25, 0.3) is 0 Å². The molecule has 0 heterocycles. The van der Waals surface area contributed by atoms with Crippen LogP contribution in [-0.4, -0.2) is 6.54 Å². The summed E-state index contributed by atoms with van der Waals surface area (Å²) in [5.74, 6) is 0.777. The number of unbranched alkanes of at least 4 members (excludes halogenated alkanes) is 2. The largest absolute Gasteiger partial charge is 0.313 e. The molecule has 1 nitrogen and oxygen atoms in total. The van der Waals surface area contributed by atoms with Crippen LogP contribution < -0.4 is 5.32 Å². The summed E-state index contributed by atoms with van der Waals surface area (Å²) >= 11 is 0. The molecule has 0 amide bonds. The number of hydrogen-bond donors (Lipinski definition) is 1. The molecule has 1 heteroatoms. The smallest absolute Gasteiger partial charge is 0.0208 e. The maximum absolute atomic E-state index is 3.54. The van der Waals surface area contributed by atoms with E-state index in [0.29, 0.717) is 0 Å². The van der Waals surface area contributed by atoms with Gasteiger partial charge >= 0.3 is 0 Å². The molecule has 101 valence electrons. The zero-order chi connectivity index (χ0) is 13.2. The van der Waals surface area contributed by atoms with E-state index in [1.54, 1.807) is 0 Å². The summed E-state index contributed by atoms with van der Waals surface area (Å²) in [6.07, 6.45) is 6.37. The van der Waals surface area contributed by atoms with Crippen LogP contribution >= 0.6 is 0 Å². The average Bonchev–Trinajstić information content (AvgIpc) is 2.37. The van der Waals surface area contributed by atoms with Crippen LogP contribution in [-0.2, 0) is 13.0 Å². The van der Waals surface area contributed by atoms with Gasteiger partial charge in [-0.2, -0.15) is 0 Å². The molecule has 1 rings (SSSR count). The summed E-state index contributed by atoms with van der Waals surface area (Å²) in [5, 5.41) is 3.54. The van der Waals surface area contributed by atoms with Crippen molar-refractivity contribution in [3.05, 3.63) is 35.4 Å². The molecule has 0 saturated heterocycles. The Kier molecular flexibility index (Phi) is 7.75. The lowest BCUT2D eigenvalue weighted by molar-refractivity contribution is 0.579. The van der Waals surface area contributed by atoms with Gasteiger partial charge in [0.2, 0.25) is 0 Å². The second kappa shape index (κ2) is 9.16. The highest BCUT2D eigenvalue weighted by Crippen LogP contribution is 2.13. The Hall–Kier alpha value is -0.820. The summed E-state index contributed by atoms with van der Waals surface area (Å²) in [5.41, 5.74) is 2.92. The molecule has 0 atom stereocenters. The van der Waals surface area contributed by atoms with Gasteiger partial charge in [-0.3, -0.25) is 0 Å². The molecule has 0 spiro atoms. The molecule has 18 heavy (non-hydrogen) atoms. The Bertz CT molecular complexity index is 317. The van der Waals surface area contributed by atoms with E-state index in [-0.39, 0.29) is 0 Å². The first-order valence-corrected chi connectivity index (χ1v) is 7.42. The molecule has 0 bridgehead atoms. The SMILES string of the molecule is CCCCCNCc1c[c]ccc1CCC(C)C. The van der Waals surface area contributed by atoms with E-state index < -0.39 is 0 Å². The predicted octanol–water partition coefficient (Wildman–Crippen LogP) is 4.36. The lowest BCUT2D eigenvalue weighted by atomic mass is 9.98. The second-order valence-electron chi connectivity index (χ2n) is 5.51. The summed E-state index contributed by atoms with van der Waals surface area (Å²) in [6, 6.07) is 9.61. The number of nitrogens with one attached hydrogen (secondary N) is 1. The van der Waals surface area contributed by atoms with Gasteiger partial charge in [0.05, 0.1) is 0 Å². The standard InChI is InChI=1S/C17H28N/c1-4-5-8-13-18-14-17-10-7-6-9-16(17)12-11-15(2)3/h6,9-10,15,18H,4-5,8,11-14H2,1-3H3. The highest BCUT2D eigenvalue weighted by molar-refractivity contribution is 5.26. The van der Waals surface area contributed by atoms with Crippen LogP contribution in [0, 0.1) is 12.0 Å². The third-order valence-electron chi connectivity index (χ3n) is 3.31. The van der Waals surface area contributed by atoms with Crippen LogP contribution in [0.15, 0.2) is 18.2 Å². The number of aryl methyl sites for hydroxylation is 1. The lowest BCUT2D eigenvalue weighted by Crippen LogP contribution is -2.16. The number of rotatable bonds is 9. The predicted molar refractivity (Wildman–Crippen MR) is 79.7 cm³/mol. The summed E-state index contributed by atoms with van der Waals surface area (Å²) < 4.78 is 0. The van der Waals surface area contributed by atoms with Crippen LogP contribution in [0.3, 0.4) is 0 Å². The van der Waals surface area contributed by atoms with Gasteiger partial charge < -0.3 is 5.32 Å². The zero-order valence-corrected chi connectivity index (χ0v) is 12.3. The van der Waals surface area contributed by atoms with Gasteiger partial charge in [-0.25, -0.2) is 0 Å². The fraction of sp³-hybridized carbons (Fsp3) is 0.647. The highest BCUT2D eigenvalue weighted by atomic mass is 14.8. The molecule has 0 fully saturated rings. The molecule has 0 aliphatic carbocycles. The Morgan fingerprint density at radius 1 is 1.22 bits per heavy atom. The molecule has 0 aromatic heterocycles. The van der Waals surface area contributed by atoms with Crippen molar-refractivity contribution in [3.8, 4) is 0 Å². The van der Waals surface area contributed by atoms with Gasteiger partial charge in [0.15, 0.2) is 0 Å². The van der Waals surface area contributed by atoms with Crippen molar-refractivity contribution in [2.24, 2.45) is 5.92 Å². The van der Waals surface area contributed by atoms with Gasteiger partial charge in [-0.05, 0) is 55.0 Å². The monoisotopic (exact) mass is 246 g/mol. The van der Waals surface area contributed by atoms with E-state index in [0.717, 1.165) is 19.0 Å². The van der Waals surface area contributed by atoms with Gasteiger partial charge in [-0.1, -0.05) is 45.7 Å². The fourth-order valence-electron chi connectivity index (χ4n) is 2.07. The first kappa shape index (κ1) is 15.2. The fourth-order valence-corrected chi connectivity index (χ4v) is 2.07. The Labute approximate surface area is 113 Å². The average molecular weight is 246 g/mol. The molecule has 1 aromatic carbocycles. The van der Waals surface area contributed by atoms with E-state index in [1.165, 1.54) is 43.2 Å². The van der Waals surface area contributed by atoms with Crippen molar-refractivity contribution in [3.63, 3.8) is 0 Å². The second-order valence-corrected chi connectivity index (χ2v) is 5.51. The molecular weight excluding hydrogens is 218 g/mol. The third-order valence-corrected chi connectivity index (χ3v) is 3.31. The minimum absolute atomic E-state index is 0.777. The van der Waals surface area contributed by atoms with Crippen LogP contribution in [0.2, 0.25) is 0 Å². The zero-order valence-electron chi connectivity index (χ0n) is 12.3. The van der Waals surface area contributed by atoms with Crippen LogP contribution in [0.5, 0.6) is 0 Å². The molecule has 0 saturated carbocycles. The maximum Gasteiger partial charge on any atom is 0.0208 e. The van der Waals surface area contributed by atoms with Crippen molar-refractivity contribution in [1.29, 1.82) is 0 Å². The van der Waals surface area contributed by atoms with E-state index in [1.807, 2.05) is 6.07 Å². The maximum atomic E-state index is 3.54. The Morgan fingerprint density at radius 3 is 2.78 bits per heavy atom. The minimum atomic E-state index is 0.777. The van der Waals surface area contributed by atoms with E-state index >= 15 is 0 Å². The van der Waals surface area contributed by atoms with Gasteiger partial charge in [0, 0.05) is 6.54 Å². The van der Waals surface area contributed by atoms with Gasteiger partial charge in [0.25, 0.3) is 0 Å². The first-order chi connectivity index (χ1) is 8.74. The Balaban J connectivity index is 2.38. The van der Waals surface area contributed by atoms with Crippen molar-refractivity contribution in [2.75, 3.05) is 6.54 Å². The molecule has 1 N–H and O–H groups in total. The third kappa shape index (κ3) is 6.20. The normalized spacial score (nSPS) is 11.1. The lowest BCUT2D eigenvalue weighted by Gasteiger charge is -2.11. The Morgan fingerprint density at radius 2 is 2.06 bits per heavy atom. The minimum Gasteiger partial charge on any atom is -0.313 e. The van der Waals surface area contributed by atoms with E-state index in [9.17, 15) is 0 Å². The quantitative estimate of drug-likeness (QED) is 0.639. The van der Waals surface area contributed by atoms with Crippen LogP contribution in [0.1, 0.15) is 57.6 Å². The number of benzene rings is 1. The van der Waals surface area contributed by atoms with E-state index in [2.05, 4.69) is 44.3 Å². The molecule has 1 aromatic rings. The topological polar surface area (TPSA) is 12.0 Å². The van der Waals surface area contributed by atoms with Crippen LogP contribution in [0.4, 0.5) is 0 Å². The number of hydrogen-bond acceptors (Lipinski definition) is 1. The van der Waals surface area contributed by atoms with E-state index in [4.69, 9.17) is 0 Å². The van der Waals surface area contributed by atoms with Crippen molar-refractivity contribution < 1.29 is 0 Å². The van der Waals surface area contributed by atoms with Crippen molar-refractivity contribution in [1.82, 2.24) is 5.32 Å². The van der Waals surface area contributed by atoms with Crippen molar-refractivity contribution in [2.45, 2.75) is 59.4 Å². The summed E-state index contributed by atoms with van der Waals surface area (Å²) in [4.78, 5) is 0. The molecule has 0 aliphatic rings.